The summed E-state index contributed by atoms with van der Waals surface area (Å²) in [4.78, 5) is 14.3. The predicted octanol–water partition coefficient (Wildman–Crippen LogP) is 2.07. The summed E-state index contributed by atoms with van der Waals surface area (Å²) >= 11 is 0. The fourth-order valence-electron chi connectivity index (χ4n) is 3.28. The van der Waals surface area contributed by atoms with Crippen molar-refractivity contribution in [2.24, 2.45) is 0 Å². The number of rotatable bonds is 2. The van der Waals surface area contributed by atoms with E-state index >= 15 is 0 Å². The Morgan fingerprint density at radius 2 is 2.05 bits per heavy atom. The van der Waals surface area contributed by atoms with E-state index in [1.807, 2.05) is 23.1 Å². The highest BCUT2D eigenvalue weighted by Gasteiger charge is 2.40. The number of hydrogen-bond acceptors (Lipinski definition) is 3. The van der Waals surface area contributed by atoms with Crippen LogP contribution in [0.5, 0.6) is 0 Å². The van der Waals surface area contributed by atoms with Gasteiger partial charge in [0.2, 0.25) is 5.91 Å². The van der Waals surface area contributed by atoms with Crippen molar-refractivity contribution in [2.45, 2.75) is 44.5 Å². The first-order valence-corrected chi connectivity index (χ1v) is 7.30. The molecule has 2 aliphatic heterocycles. The fourth-order valence-corrected chi connectivity index (χ4v) is 3.28. The minimum absolute atomic E-state index is 0.00241. The molecule has 0 bridgehead atoms. The Bertz CT molecular complexity index is 487. The normalized spacial score (nSPS) is 29.7. The molecule has 2 aliphatic rings. The molecule has 2 saturated heterocycles. The zero-order valence-electron chi connectivity index (χ0n) is 12.1. The standard InChI is InChI=1S/C16H22N2O2/c1-16(2)10-13(8-9-20-16)18-14(19)11-17-15(18)12-6-4-3-5-7-12/h3-7,13,15,17H,8-11H2,1-2H3. The van der Waals surface area contributed by atoms with Gasteiger partial charge in [0.25, 0.3) is 0 Å². The molecule has 0 radical (unpaired) electrons. The zero-order chi connectivity index (χ0) is 14.2. The Kier molecular flexibility index (Phi) is 3.52. The molecule has 0 aromatic heterocycles. The molecule has 1 aromatic carbocycles. The smallest absolute Gasteiger partial charge is 0.238 e. The predicted molar refractivity (Wildman–Crippen MR) is 77.1 cm³/mol. The summed E-state index contributed by atoms with van der Waals surface area (Å²) in [6, 6.07) is 10.5. The molecule has 2 heterocycles. The monoisotopic (exact) mass is 274 g/mol. The maximum atomic E-state index is 12.3. The molecule has 0 spiro atoms. The Morgan fingerprint density at radius 3 is 2.75 bits per heavy atom. The Balaban J connectivity index is 1.84. The minimum Gasteiger partial charge on any atom is -0.375 e. The van der Waals surface area contributed by atoms with E-state index in [4.69, 9.17) is 4.74 Å². The number of nitrogens with one attached hydrogen (secondary N) is 1. The number of carbonyl (C=O) groups excluding carboxylic acids is 1. The van der Waals surface area contributed by atoms with Crippen LogP contribution >= 0.6 is 0 Å². The highest BCUT2D eigenvalue weighted by atomic mass is 16.5. The summed E-state index contributed by atoms with van der Waals surface area (Å²) in [5.74, 6) is 0.196. The summed E-state index contributed by atoms with van der Waals surface area (Å²) in [6.07, 6.45) is 1.81. The van der Waals surface area contributed by atoms with Gasteiger partial charge in [-0.1, -0.05) is 30.3 Å². The zero-order valence-corrected chi connectivity index (χ0v) is 12.1. The van der Waals surface area contributed by atoms with Gasteiger partial charge in [-0.05, 0) is 32.3 Å². The van der Waals surface area contributed by atoms with Crippen LogP contribution in [0.1, 0.15) is 38.4 Å². The van der Waals surface area contributed by atoms with Crippen LogP contribution in [0.3, 0.4) is 0 Å². The van der Waals surface area contributed by atoms with Crippen molar-refractivity contribution in [1.29, 1.82) is 0 Å². The van der Waals surface area contributed by atoms with E-state index in [9.17, 15) is 4.79 Å². The van der Waals surface area contributed by atoms with Crippen molar-refractivity contribution in [3.8, 4) is 0 Å². The van der Waals surface area contributed by atoms with Crippen LogP contribution in [-0.2, 0) is 9.53 Å². The molecule has 4 nitrogen and oxygen atoms in total. The molecule has 1 aromatic rings. The Hall–Kier alpha value is -1.39. The lowest BCUT2D eigenvalue weighted by Gasteiger charge is -2.41. The summed E-state index contributed by atoms with van der Waals surface area (Å²) in [5, 5.41) is 3.33. The van der Waals surface area contributed by atoms with E-state index < -0.39 is 0 Å². The van der Waals surface area contributed by atoms with Crippen molar-refractivity contribution in [3.05, 3.63) is 35.9 Å². The van der Waals surface area contributed by atoms with E-state index in [0.29, 0.717) is 6.54 Å². The van der Waals surface area contributed by atoms with Gasteiger partial charge in [0.15, 0.2) is 0 Å². The summed E-state index contributed by atoms with van der Waals surface area (Å²) in [5.41, 5.74) is 1.01. The first-order valence-electron chi connectivity index (χ1n) is 7.30. The molecule has 1 N–H and O–H groups in total. The van der Waals surface area contributed by atoms with Crippen molar-refractivity contribution in [2.75, 3.05) is 13.2 Å². The maximum Gasteiger partial charge on any atom is 0.238 e. The molecule has 2 fully saturated rings. The van der Waals surface area contributed by atoms with Crippen molar-refractivity contribution in [3.63, 3.8) is 0 Å². The molecule has 0 aliphatic carbocycles. The third-order valence-electron chi connectivity index (χ3n) is 4.19. The Morgan fingerprint density at radius 1 is 1.30 bits per heavy atom. The van der Waals surface area contributed by atoms with Gasteiger partial charge in [-0.15, -0.1) is 0 Å². The number of hydrogen-bond donors (Lipinski definition) is 1. The quantitative estimate of drug-likeness (QED) is 0.897. The summed E-state index contributed by atoms with van der Waals surface area (Å²) in [7, 11) is 0. The van der Waals surface area contributed by atoms with Crippen LogP contribution in [-0.4, -0.2) is 35.6 Å². The number of nitrogens with zero attached hydrogens (tertiary/aromatic N) is 1. The molecule has 108 valence electrons. The van der Waals surface area contributed by atoms with Gasteiger partial charge in [-0.3, -0.25) is 10.1 Å². The topological polar surface area (TPSA) is 41.6 Å². The highest BCUT2D eigenvalue weighted by Crippen LogP contribution is 2.33. The molecule has 0 saturated carbocycles. The molecular weight excluding hydrogens is 252 g/mol. The summed E-state index contributed by atoms with van der Waals surface area (Å²) < 4.78 is 5.77. The average Bonchev–Trinajstić information content (AvgIpc) is 2.80. The molecule has 3 rings (SSSR count). The van der Waals surface area contributed by atoms with E-state index in [-0.39, 0.29) is 23.7 Å². The largest absolute Gasteiger partial charge is 0.375 e. The van der Waals surface area contributed by atoms with Crippen LogP contribution < -0.4 is 5.32 Å². The highest BCUT2D eigenvalue weighted by molar-refractivity contribution is 5.81. The second-order valence-corrected chi connectivity index (χ2v) is 6.25. The third-order valence-corrected chi connectivity index (χ3v) is 4.19. The second kappa shape index (κ2) is 5.19. The third kappa shape index (κ3) is 2.58. The molecule has 4 heteroatoms. The Labute approximate surface area is 120 Å². The van der Waals surface area contributed by atoms with Gasteiger partial charge in [0, 0.05) is 12.6 Å². The molecule has 2 atom stereocenters. The second-order valence-electron chi connectivity index (χ2n) is 6.25. The molecule has 2 unspecified atom stereocenters. The lowest BCUT2D eigenvalue weighted by Crippen LogP contribution is -2.48. The van der Waals surface area contributed by atoms with Crippen molar-refractivity contribution >= 4 is 5.91 Å². The van der Waals surface area contributed by atoms with E-state index in [2.05, 4.69) is 31.3 Å². The lowest BCUT2D eigenvalue weighted by atomic mass is 9.92. The lowest BCUT2D eigenvalue weighted by molar-refractivity contribution is -0.137. The number of ether oxygens (including phenoxy) is 1. The van der Waals surface area contributed by atoms with E-state index in [0.717, 1.165) is 25.0 Å². The van der Waals surface area contributed by atoms with Gasteiger partial charge >= 0.3 is 0 Å². The molecule has 1 amide bonds. The van der Waals surface area contributed by atoms with E-state index in [1.54, 1.807) is 0 Å². The van der Waals surface area contributed by atoms with Crippen molar-refractivity contribution in [1.82, 2.24) is 10.2 Å². The van der Waals surface area contributed by atoms with Crippen LogP contribution in [0.4, 0.5) is 0 Å². The minimum atomic E-state index is -0.146. The van der Waals surface area contributed by atoms with Gasteiger partial charge in [-0.2, -0.15) is 0 Å². The SMILES string of the molecule is CC1(C)CC(N2C(=O)CNC2c2ccccc2)CCO1. The van der Waals surface area contributed by atoms with Crippen LogP contribution in [0.15, 0.2) is 30.3 Å². The van der Waals surface area contributed by atoms with Crippen LogP contribution in [0.2, 0.25) is 0 Å². The molecular formula is C16H22N2O2. The average molecular weight is 274 g/mol. The van der Waals surface area contributed by atoms with Crippen LogP contribution in [0.25, 0.3) is 0 Å². The van der Waals surface area contributed by atoms with Gasteiger partial charge in [0.05, 0.1) is 12.1 Å². The van der Waals surface area contributed by atoms with Gasteiger partial charge in [0.1, 0.15) is 6.17 Å². The molecule has 20 heavy (non-hydrogen) atoms. The number of amides is 1. The maximum absolute atomic E-state index is 12.3. The number of carbonyl (C=O) groups is 1. The number of benzene rings is 1. The van der Waals surface area contributed by atoms with Gasteiger partial charge < -0.3 is 9.64 Å². The van der Waals surface area contributed by atoms with Crippen molar-refractivity contribution < 1.29 is 9.53 Å². The van der Waals surface area contributed by atoms with E-state index in [1.165, 1.54) is 0 Å². The fraction of sp³-hybridized carbons (Fsp3) is 0.562. The summed E-state index contributed by atoms with van der Waals surface area (Å²) in [6.45, 7) is 5.36. The van der Waals surface area contributed by atoms with Gasteiger partial charge in [-0.25, -0.2) is 0 Å². The first-order chi connectivity index (χ1) is 9.57. The first kappa shape index (κ1) is 13.6. The van der Waals surface area contributed by atoms with Crippen LogP contribution in [0, 0.1) is 0 Å².